The number of pyridine rings is 2. The van der Waals surface area contributed by atoms with Crippen molar-refractivity contribution in [3.8, 4) is 33.6 Å². The van der Waals surface area contributed by atoms with Crippen molar-refractivity contribution in [2.75, 3.05) is 0 Å². The summed E-state index contributed by atoms with van der Waals surface area (Å²) in [6.45, 7) is 11.5. The second kappa shape index (κ2) is 14.7. The van der Waals surface area contributed by atoms with Crippen LogP contribution in [0.3, 0.4) is 0 Å². The minimum Gasteiger partial charge on any atom is -0.501 e. The maximum atomic E-state index is 13.0. The predicted molar refractivity (Wildman–Crippen MR) is 191 cm³/mol. The van der Waals surface area contributed by atoms with E-state index in [-0.39, 0.29) is 25.9 Å². The van der Waals surface area contributed by atoms with Crippen LogP contribution in [0.25, 0.3) is 55.6 Å². The van der Waals surface area contributed by atoms with Crippen molar-refractivity contribution in [1.82, 2.24) is 9.97 Å². The molecule has 239 valence electrons. The molecule has 0 amide bonds. The SMILES string of the molecule is CC(C)Cc1cc(-c2[c-]cc(F)cc2)ncc1[Si](C)(C)C.[Ir].[c-]1ccc2c(oc3ccccc32)c1-c1cc(-c2ccccc2)ccn1. The number of nitrogens with zero attached hydrogens (tertiary/aromatic N) is 2. The van der Waals surface area contributed by atoms with Gasteiger partial charge in [0.1, 0.15) is 5.58 Å². The van der Waals surface area contributed by atoms with Crippen LogP contribution in [0.4, 0.5) is 4.39 Å². The molecule has 0 bridgehead atoms. The van der Waals surface area contributed by atoms with Gasteiger partial charge in [0.05, 0.1) is 13.7 Å². The summed E-state index contributed by atoms with van der Waals surface area (Å²) in [7, 11) is -1.41. The number of furan rings is 1. The molecule has 3 heterocycles. The van der Waals surface area contributed by atoms with Gasteiger partial charge in [0.25, 0.3) is 0 Å². The molecule has 0 saturated heterocycles. The molecule has 47 heavy (non-hydrogen) atoms. The average molecular weight is 813 g/mol. The third-order valence-electron chi connectivity index (χ3n) is 7.94. The molecule has 0 spiro atoms. The van der Waals surface area contributed by atoms with Crippen LogP contribution in [0.15, 0.2) is 120 Å². The second-order valence-corrected chi connectivity index (χ2v) is 18.0. The van der Waals surface area contributed by atoms with Gasteiger partial charge >= 0.3 is 0 Å². The molecule has 7 aromatic rings. The van der Waals surface area contributed by atoms with Gasteiger partial charge in [0.15, 0.2) is 0 Å². The first-order chi connectivity index (χ1) is 22.2. The van der Waals surface area contributed by atoms with Crippen molar-refractivity contribution >= 4 is 35.2 Å². The third-order valence-corrected chi connectivity index (χ3v) is 10.0. The predicted octanol–water partition coefficient (Wildman–Crippen LogP) is 10.5. The molecule has 0 atom stereocenters. The van der Waals surface area contributed by atoms with Gasteiger partial charge in [-0.2, -0.15) is 0 Å². The van der Waals surface area contributed by atoms with Crippen LogP contribution in [0, 0.1) is 23.9 Å². The topological polar surface area (TPSA) is 38.9 Å². The Kier molecular flexibility index (Phi) is 10.7. The molecule has 3 aromatic heterocycles. The van der Waals surface area contributed by atoms with Crippen LogP contribution in [-0.2, 0) is 26.5 Å². The Balaban J connectivity index is 0.000000184. The summed E-state index contributed by atoms with van der Waals surface area (Å²) >= 11 is 0. The maximum Gasteiger partial charge on any atom is 0.120 e. The van der Waals surface area contributed by atoms with E-state index >= 15 is 0 Å². The zero-order valence-electron chi connectivity index (χ0n) is 27.3. The average Bonchev–Trinajstić information content (AvgIpc) is 3.44. The molecule has 1 radical (unpaired) electrons. The monoisotopic (exact) mass is 813 g/mol. The molecular weight excluding hydrogens is 776 g/mol. The zero-order chi connectivity index (χ0) is 32.3. The second-order valence-electron chi connectivity index (χ2n) is 13.0. The van der Waals surface area contributed by atoms with E-state index in [2.05, 4.69) is 85.9 Å². The van der Waals surface area contributed by atoms with E-state index in [0.717, 1.165) is 56.4 Å². The quantitative estimate of drug-likeness (QED) is 0.124. The van der Waals surface area contributed by atoms with E-state index in [1.165, 1.54) is 28.4 Å². The van der Waals surface area contributed by atoms with E-state index in [4.69, 9.17) is 4.42 Å². The molecule has 3 nitrogen and oxygen atoms in total. The molecule has 0 aliphatic heterocycles. The van der Waals surface area contributed by atoms with Gasteiger partial charge in [-0.25, -0.2) is 0 Å². The molecular formula is C41H37FIrN2OSi-2. The minimum atomic E-state index is -1.41. The van der Waals surface area contributed by atoms with E-state index < -0.39 is 8.07 Å². The van der Waals surface area contributed by atoms with E-state index in [1.807, 2.05) is 67.0 Å². The maximum absolute atomic E-state index is 13.0. The number of fused-ring (bicyclic) bond motifs is 3. The largest absolute Gasteiger partial charge is 0.501 e. The summed E-state index contributed by atoms with van der Waals surface area (Å²) in [5, 5.41) is 3.63. The summed E-state index contributed by atoms with van der Waals surface area (Å²) in [5.41, 5.74) is 8.90. The molecule has 0 saturated carbocycles. The van der Waals surface area contributed by atoms with Crippen molar-refractivity contribution in [2.24, 2.45) is 5.92 Å². The standard InChI is InChI=1S/C23H14NO.C18H23FNSi.Ir/c1-2-7-16(8-3-1)17-13-14-24-21(15-17)20-11-6-10-19-18-9-4-5-12-22(18)25-23(19)20;1-13(2)10-15-11-17(14-6-8-16(19)9-7-14)20-12-18(15)21(3,4)5;/h1-10,12-15H;6,8-9,11-13H,10H2,1-5H3;/q2*-1;. The van der Waals surface area contributed by atoms with Crippen molar-refractivity contribution in [2.45, 2.75) is 39.9 Å². The fourth-order valence-electron chi connectivity index (χ4n) is 5.75. The van der Waals surface area contributed by atoms with Crippen LogP contribution in [0.5, 0.6) is 0 Å². The fourth-order valence-corrected chi connectivity index (χ4v) is 7.34. The molecule has 0 aliphatic rings. The number of halogens is 1. The minimum absolute atomic E-state index is 0. The van der Waals surface area contributed by atoms with Gasteiger partial charge in [-0.3, -0.25) is 4.39 Å². The van der Waals surface area contributed by atoms with Gasteiger partial charge in [0, 0.05) is 43.7 Å². The van der Waals surface area contributed by atoms with Crippen molar-refractivity contribution < 1.29 is 28.9 Å². The number of rotatable bonds is 6. The van der Waals surface area contributed by atoms with Crippen molar-refractivity contribution in [3.05, 3.63) is 139 Å². The zero-order valence-corrected chi connectivity index (χ0v) is 30.7. The van der Waals surface area contributed by atoms with Gasteiger partial charge in [-0.1, -0.05) is 111 Å². The summed E-state index contributed by atoms with van der Waals surface area (Å²) in [4.78, 5) is 9.16. The third kappa shape index (κ3) is 7.85. The van der Waals surface area contributed by atoms with Gasteiger partial charge < -0.3 is 14.4 Å². The number of benzene rings is 4. The normalized spacial score (nSPS) is 11.3. The summed E-state index contributed by atoms with van der Waals surface area (Å²) in [6, 6.07) is 39.5. The first-order valence-corrected chi connectivity index (χ1v) is 19.2. The number of para-hydroxylation sites is 1. The molecule has 0 fully saturated rings. The molecule has 7 rings (SSSR count). The molecule has 0 N–H and O–H groups in total. The first kappa shape index (κ1) is 34.1. The summed E-state index contributed by atoms with van der Waals surface area (Å²) in [5.74, 6) is 0.340. The number of hydrogen-bond donors (Lipinski definition) is 0. The first-order valence-electron chi connectivity index (χ1n) is 15.7. The smallest absolute Gasteiger partial charge is 0.120 e. The number of aromatic nitrogens is 2. The Labute approximate surface area is 291 Å². The van der Waals surface area contributed by atoms with Crippen molar-refractivity contribution in [3.63, 3.8) is 0 Å². The molecule has 0 aliphatic carbocycles. The fraction of sp³-hybridized carbons (Fsp3) is 0.171. The van der Waals surface area contributed by atoms with E-state index in [1.54, 1.807) is 6.07 Å². The summed E-state index contributed by atoms with van der Waals surface area (Å²) in [6.07, 6.45) is 4.92. The Hall–Kier alpha value is -4.22. The van der Waals surface area contributed by atoms with Crippen LogP contribution in [0.2, 0.25) is 19.6 Å². The van der Waals surface area contributed by atoms with Crippen LogP contribution in [0.1, 0.15) is 19.4 Å². The van der Waals surface area contributed by atoms with Gasteiger partial charge in [-0.15, -0.1) is 48.0 Å². The van der Waals surface area contributed by atoms with Gasteiger partial charge in [0.2, 0.25) is 0 Å². The molecule has 4 aromatic carbocycles. The van der Waals surface area contributed by atoms with Crippen LogP contribution >= 0.6 is 0 Å². The van der Waals surface area contributed by atoms with Gasteiger partial charge in [-0.05, 0) is 52.2 Å². The Morgan fingerprint density at radius 1 is 0.787 bits per heavy atom. The van der Waals surface area contributed by atoms with Crippen LogP contribution < -0.4 is 5.19 Å². The molecule has 6 heteroatoms. The Morgan fingerprint density at radius 2 is 1.55 bits per heavy atom. The summed E-state index contributed by atoms with van der Waals surface area (Å²) < 4.78 is 19.1. The number of hydrogen-bond acceptors (Lipinski definition) is 3. The van der Waals surface area contributed by atoms with E-state index in [9.17, 15) is 4.39 Å². The molecule has 0 unspecified atom stereocenters. The van der Waals surface area contributed by atoms with Crippen molar-refractivity contribution in [1.29, 1.82) is 0 Å². The Bertz CT molecular complexity index is 2100. The van der Waals surface area contributed by atoms with E-state index in [0.29, 0.717) is 5.92 Å². The Morgan fingerprint density at radius 3 is 2.28 bits per heavy atom. The van der Waals surface area contributed by atoms with Crippen LogP contribution in [-0.4, -0.2) is 18.0 Å².